The van der Waals surface area contributed by atoms with Crippen molar-refractivity contribution in [2.75, 3.05) is 26.2 Å². The van der Waals surface area contributed by atoms with Crippen LogP contribution in [-0.4, -0.2) is 42.0 Å². The number of rotatable bonds is 1. The molecule has 1 amide bonds. The third-order valence-electron chi connectivity index (χ3n) is 2.78. The fraction of sp³-hybridized carbons (Fsp3) is 0.455. The van der Waals surface area contributed by atoms with Gasteiger partial charge in [-0.15, -0.1) is 0 Å². The second kappa shape index (κ2) is 5.12. The number of halogens is 4. The first-order valence-corrected chi connectivity index (χ1v) is 5.62. The predicted molar refractivity (Wildman–Crippen MR) is 58.0 cm³/mol. The maximum absolute atomic E-state index is 13.6. The monoisotopic (exact) mass is 277 g/mol. The van der Waals surface area contributed by atoms with Crippen molar-refractivity contribution < 1.29 is 22.4 Å². The smallest absolute Gasteiger partial charge is 0.335 e. The minimum absolute atomic E-state index is 0.294. The number of nitrogens with zero attached hydrogens (tertiary/aromatic N) is 2. The molecule has 0 bridgehead atoms. The van der Waals surface area contributed by atoms with E-state index >= 15 is 0 Å². The van der Waals surface area contributed by atoms with Gasteiger partial charge in [-0.1, -0.05) is 0 Å². The molecule has 2 rings (SSSR count). The van der Waals surface area contributed by atoms with Crippen LogP contribution >= 0.6 is 0 Å². The first-order chi connectivity index (χ1) is 8.89. The van der Waals surface area contributed by atoms with E-state index in [1.807, 2.05) is 0 Å². The molecule has 1 aromatic rings. The van der Waals surface area contributed by atoms with E-state index in [2.05, 4.69) is 10.3 Å². The zero-order valence-electron chi connectivity index (χ0n) is 9.80. The highest BCUT2D eigenvalue weighted by Gasteiger charge is 2.33. The Balaban J connectivity index is 2.23. The van der Waals surface area contributed by atoms with Gasteiger partial charge in [-0.3, -0.25) is 4.79 Å². The largest absolute Gasteiger partial charge is 0.417 e. The maximum Gasteiger partial charge on any atom is 0.417 e. The Morgan fingerprint density at radius 3 is 2.47 bits per heavy atom. The molecule has 0 unspecified atom stereocenters. The van der Waals surface area contributed by atoms with Gasteiger partial charge in [0.2, 0.25) is 0 Å². The van der Waals surface area contributed by atoms with E-state index in [9.17, 15) is 22.4 Å². The van der Waals surface area contributed by atoms with Crippen LogP contribution in [0.1, 0.15) is 16.1 Å². The molecule has 1 aliphatic heterocycles. The highest BCUT2D eigenvalue weighted by atomic mass is 19.4. The number of hydrogen-bond acceptors (Lipinski definition) is 3. The van der Waals surface area contributed by atoms with Crippen molar-refractivity contribution in [3.05, 3.63) is 29.3 Å². The molecule has 1 saturated heterocycles. The summed E-state index contributed by atoms with van der Waals surface area (Å²) in [5.41, 5.74) is -1.78. The quantitative estimate of drug-likeness (QED) is 0.787. The van der Waals surface area contributed by atoms with Crippen LogP contribution in [0.25, 0.3) is 0 Å². The lowest BCUT2D eigenvalue weighted by Crippen LogP contribution is -2.46. The molecular formula is C11H11F4N3O. The van der Waals surface area contributed by atoms with Gasteiger partial charge in [0.15, 0.2) is 11.5 Å². The molecule has 1 N–H and O–H groups in total. The number of alkyl halides is 3. The van der Waals surface area contributed by atoms with Gasteiger partial charge in [0, 0.05) is 32.4 Å². The summed E-state index contributed by atoms with van der Waals surface area (Å²) in [5.74, 6) is -1.94. The zero-order chi connectivity index (χ0) is 14.0. The normalized spacial score (nSPS) is 16.5. The van der Waals surface area contributed by atoms with Crippen LogP contribution in [0.5, 0.6) is 0 Å². The molecule has 0 atom stereocenters. The van der Waals surface area contributed by atoms with Gasteiger partial charge in [0.1, 0.15) is 0 Å². The summed E-state index contributed by atoms with van der Waals surface area (Å²) in [6.45, 7) is 1.88. The van der Waals surface area contributed by atoms with Crippen LogP contribution in [0.4, 0.5) is 17.6 Å². The Morgan fingerprint density at radius 1 is 1.32 bits per heavy atom. The molecule has 0 radical (unpaired) electrons. The summed E-state index contributed by atoms with van der Waals surface area (Å²) >= 11 is 0. The molecule has 19 heavy (non-hydrogen) atoms. The second-order valence-corrected chi connectivity index (χ2v) is 4.09. The molecule has 0 aliphatic carbocycles. The molecule has 104 valence electrons. The SMILES string of the molecule is O=C(c1ncc(C(F)(F)F)cc1F)N1CCNCC1. The van der Waals surface area contributed by atoms with Gasteiger partial charge >= 0.3 is 6.18 Å². The number of hydrogen-bond donors (Lipinski definition) is 1. The standard InChI is InChI=1S/C11H11F4N3O/c12-8-5-7(11(13,14)15)6-17-9(8)10(19)18-3-1-16-2-4-18/h5-6,16H,1-4H2. The van der Waals surface area contributed by atoms with E-state index < -0.39 is 29.2 Å². The van der Waals surface area contributed by atoms with E-state index in [-0.39, 0.29) is 0 Å². The molecule has 1 aliphatic rings. The van der Waals surface area contributed by atoms with Crippen molar-refractivity contribution in [3.63, 3.8) is 0 Å². The molecule has 4 nitrogen and oxygen atoms in total. The third kappa shape index (κ3) is 3.01. The number of nitrogens with one attached hydrogen (secondary N) is 1. The highest BCUT2D eigenvalue weighted by molar-refractivity contribution is 5.92. The van der Waals surface area contributed by atoms with Gasteiger partial charge in [-0.25, -0.2) is 9.37 Å². The Hall–Kier alpha value is -1.70. The summed E-state index contributed by atoms with van der Waals surface area (Å²) in [7, 11) is 0. The number of aromatic nitrogens is 1. The first kappa shape index (κ1) is 13.7. The van der Waals surface area contributed by atoms with E-state index in [0.29, 0.717) is 38.4 Å². The van der Waals surface area contributed by atoms with Crippen LogP contribution in [0, 0.1) is 5.82 Å². The summed E-state index contributed by atoms with van der Waals surface area (Å²) in [6, 6.07) is 0.294. The molecule has 0 saturated carbocycles. The summed E-state index contributed by atoms with van der Waals surface area (Å²) in [6.07, 6.45) is -4.21. The van der Waals surface area contributed by atoms with Gasteiger partial charge in [0.25, 0.3) is 5.91 Å². The molecule has 0 aromatic carbocycles. The molecule has 0 spiro atoms. The Labute approximate surface area is 106 Å². The number of amides is 1. The van der Waals surface area contributed by atoms with Crippen LogP contribution in [0.3, 0.4) is 0 Å². The second-order valence-electron chi connectivity index (χ2n) is 4.09. The van der Waals surface area contributed by atoms with Crippen molar-refractivity contribution in [2.24, 2.45) is 0 Å². The maximum atomic E-state index is 13.6. The van der Waals surface area contributed by atoms with Crippen molar-refractivity contribution in [1.82, 2.24) is 15.2 Å². The fourth-order valence-corrected chi connectivity index (χ4v) is 1.77. The zero-order valence-corrected chi connectivity index (χ0v) is 9.80. The molecule has 1 aromatic heterocycles. The van der Waals surface area contributed by atoms with Crippen molar-refractivity contribution in [2.45, 2.75) is 6.18 Å². The van der Waals surface area contributed by atoms with Crippen molar-refractivity contribution in [1.29, 1.82) is 0 Å². The average Bonchev–Trinajstić information content (AvgIpc) is 2.38. The van der Waals surface area contributed by atoms with E-state index in [4.69, 9.17) is 0 Å². The van der Waals surface area contributed by atoms with Crippen LogP contribution in [0.15, 0.2) is 12.3 Å². The number of piperazine rings is 1. The van der Waals surface area contributed by atoms with Gasteiger partial charge in [-0.2, -0.15) is 13.2 Å². The van der Waals surface area contributed by atoms with Crippen LogP contribution < -0.4 is 5.32 Å². The molecule has 1 fully saturated rings. The minimum Gasteiger partial charge on any atom is -0.335 e. The summed E-state index contributed by atoms with van der Waals surface area (Å²) in [5, 5.41) is 3.01. The summed E-state index contributed by atoms with van der Waals surface area (Å²) in [4.78, 5) is 16.6. The Kier molecular flexibility index (Phi) is 3.70. The average molecular weight is 277 g/mol. The summed E-state index contributed by atoms with van der Waals surface area (Å²) < 4.78 is 50.6. The molecule has 2 heterocycles. The van der Waals surface area contributed by atoms with Gasteiger partial charge in [0.05, 0.1) is 5.56 Å². The van der Waals surface area contributed by atoms with Crippen molar-refractivity contribution >= 4 is 5.91 Å². The fourth-order valence-electron chi connectivity index (χ4n) is 1.77. The molecule has 8 heteroatoms. The number of pyridine rings is 1. The number of carbonyl (C=O) groups excluding carboxylic acids is 1. The lowest BCUT2D eigenvalue weighted by Gasteiger charge is -2.27. The highest BCUT2D eigenvalue weighted by Crippen LogP contribution is 2.29. The topological polar surface area (TPSA) is 45.2 Å². The lowest BCUT2D eigenvalue weighted by molar-refractivity contribution is -0.138. The van der Waals surface area contributed by atoms with Gasteiger partial charge < -0.3 is 10.2 Å². The number of carbonyl (C=O) groups is 1. The van der Waals surface area contributed by atoms with Crippen LogP contribution in [-0.2, 0) is 6.18 Å². The van der Waals surface area contributed by atoms with E-state index in [0.717, 1.165) is 0 Å². The molecular weight excluding hydrogens is 266 g/mol. The van der Waals surface area contributed by atoms with Gasteiger partial charge in [-0.05, 0) is 6.07 Å². The van der Waals surface area contributed by atoms with Crippen LogP contribution in [0.2, 0.25) is 0 Å². The minimum atomic E-state index is -4.68. The van der Waals surface area contributed by atoms with Crippen molar-refractivity contribution in [3.8, 4) is 0 Å². The van der Waals surface area contributed by atoms with E-state index in [1.54, 1.807) is 0 Å². The third-order valence-corrected chi connectivity index (χ3v) is 2.78. The first-order valence-electron chi connectivity index (χ1n) is 5.62. The van der Waals surface area contributed by atoms with E-state index in [1.165, 1.54) is 4.90 Å². The lowest BCUT2D eigenvalue weighted by atomic mass is 10.2. The Morgan fingerprint density at radius 2 is 1.95 bits per heavy atom. The Bertz CT molecular complexity index is 483. The predicted octanol–water partition coefficient (Wildman–Crippen LogP) is 1.28.